The SMILES string of the molecule is N#Cc1ccc2sc3ccc(-c4ccc5c(-c6ccccc6)c6cc(-c7cccnc7)ccc6c(-c6ccccc6)c5c4)cc3c2c1. The van der Waals surface area contributed by atoms with Crippen LogP contribution in [0.25, 0.3) is 86.2 Å². The van der Waals surface area contributed by atoms with Gasteiger partial charge in [0.1, 0.15) is 0 Å². The normalized spacial score (nSPS) is 11.4. The maximum Gasteiger partial charge on any atom is 0.0991 e. The molecule has 0 aliphatic heterocycles. The molecule has 47 heavy (non-hydrogen) atoms. The van der Waals surface area contributed by atoms with E-state index in [4.69, 9.17) is 0 Å². The lowest BCUT2D eigenvalue weighted by Crippen LogP contribution is -1.92. The fourth-order valence-corrected chi connectivity index (χ4v) is 8.05. The number of nitrogens with zero attached hydrogens (tertiary/aromatic N) is 2. The molecule has 0 amide bonds. The molecule has 0 saturated carbocycles. The number of nitriles is 1. The van der Waals surface area contributed by atoms with Gasteiger partial charge in [-0.3, -0.25) is 4.98 Å². The van der Waals surface area contributed by atoms with Crippen molar-refractivity contribution in [2.75, 3.05) is 0 Å². The summed E-state index contributed by atoms with van der Waals surface area (Å²) in [5.74, 6) is 0. The molecule has 218 valence electrons. The molecule has 3 heteroatoms. The minimum atomic E-state index is 0.688. The van der Waals surface area contributed by atoms with Crippen LogP contribution in [0.1, 0.15) is 5.56 Å². The standard InChI is InChI=1S/C44H26N2S/c45-26-28-13-19-41-37(22-28)38-23-32(16-20-42(38)47-41)31-14-17-35-39(24-31)43(29-8-3-1-4-9-29)36-18-15-33(34-12-7-21-46-27-34)25-40(36)44(35)30-10-5-2-6-11-30/h1-25,27H. The summed E-state index contributed by atoms with van der Waals surface area (Å²) in [4.78, 5) is 4.40. The minimum absolute atomic E-state index is 0.688. The van der Waals surface area contributed by atoms with Crippen LogP contribution in [0.4, 0.5) is 0 Å². The van der Waals surface area contributed by atoms with Crippen LogP contribution >= 0.6 is 11.3 Å². The van der Waals surface area contributed by atoms with E-state index in [0.717, 1.165) is 27.6 Å². The third-order valence-corrected chi connectivity index (χ3v) is 10.3. The molecule has 0 unspecified atom stereocenters. The Kier molecular flexibility index (Phi) is 6.42. The van der Waals surface area contributed by atoms with Crippen molar-refractivity contribution in [1.29, 1.82) is 5.26 Å². The Balaban J connectivity index is 1.36. The van der Waals surface area contributed by atoms with Gasteiger partial charge in [-0.15, -0.1) is 11.3 Å². The Bertz CT molecular complexity index is 2670. The molecule has 9 rings (SSSR count). The smallest absolute Gasteiger partial charge is 0.0991 e. The van der Waals surface area contributed by atoms with Gasteiger partial charge in [0.2, 0.25) is 0 Å². The van der Waals surface area contributed by atoms with Gasteiger partial charge in [-0.2, -0.15) is 5.26 Å². The molecule has 0 fully saturated rings. The second-order valence-corrected chi connectivity index (χ2v) is 13.0. The summed E-state index contributed by atoms with van der Waals surface area (Å²) in [6.45, 7) is 0. The number of fused-ring (bicyclic) bond motifs is 5. The van der Waals surface area contributed by atoms with Crippen LogP contribution in [-0.2, 0) is 0 Å². The van der Waals surface area contributed by atoms with Crippen molar-refractivity contribution in [1.82, 2.24) is 4.98 Å². The van der Waals surface area contributed by atoms with Crippen molar-refractivity contribution < 1.29 is 0 Å². The number of aromatic nitrogens is 1. The van der Waals surface area contributed by atoms with E-state index in [-0.39, 0.29) is 0 Å². The third kappa shape index (κ3) is 4.58. The zero-order valence-corrected chi connectivity index (χ0v) is 26.1. The van der Waals surface area contributed by atoms with Crippen LogP contribution < -0.4 is 0 Å². The van der Waals surface area contributed by atoms with Gasteiger partial charge in [0.15, 0.2) is 0 Å². The third-order valence-electron chi connectivity index (χ3n) is 9.17. The van der Waals surface area contributed by atoms with Crippen LogP contribution in [0.3, 0.4) is 0 Å². The van der Waals surface area contributed by atoms with Crippen molar-refractivity contribution in [2.45, 2.75) is 0 Å². The van der Waals surface area contributed by atoms with E-state index in [1.54, 1.807) is 11.3 Å². The van der Waals surface area contributed by atoms with Crippen molar-refractivity contribution >= 4 is 53.1 Å². The quantitative estimate of drug-likeness (QED) is 0.185. The van der Waals surface area contributed by atoms with E-state index in [0.29, 0.717) is 5.56 Å². The summed E-state index contributed by atoms with van der Waals surface area (Å²) in [7, 11) is 0. The maximum atomic E-state index is 9.56. The Morgan fingerprint density at radius 3 is 1.51 bits per heavy atom. The molecule has 2 aromatic heterocycles. The van der Waals surface area contributed by atoms with Crippen LogP contribution in [-0.4, -0.2) is 4.98 Å². The Hall–Kier alpha value is -6.08. The van der Waals surface area contributed by atoms with E-state index in [9.17, 15) is 5.26 Å². The molecular weight excluding hydrogens is 589 g/mol. The molecule has 7 aromatic carbocycles. The zero-order valence-electron chi connectivity index (χ0n) is 25.3. The molecule has 0 aliphatic rings. The molecule has 0 N–H and O–H groups in total. The van der Waals surface area contributed by atoms with Gasteiger partial charge in [0.05, 0.1) is 11.6 Å². The zero-order chi connectivity index (χ0) is 31.3. The van der Waals surface area contributed by atoms with Gasteiger partial charge in [-0.1, -0.05) is 97.1 Å². The van der Waals surface area contributed by atoms with E-state index in [2.05, 4.69) is 138 Å². The average Bonchev–Trinajstić information content (AvgIpc) is 3.51. The molecule has 0 aliphatic carbocycles. The monoisotopic (exact) mass is 614 g/mol. The molecule has 2 nitrogen and oxygen atoms in total. The molecule has 9 aromatic rings. The summed E-state index contributed by atoms with van der Waals surface area (Å²) < 4.78 is 2.43. The summed E-state index contributed by atoms with van der Waals surface area (Å²) in [5, 5.41) is 16.8. The molecule has 0 radical (unpaired) electrons. The summed E-state index contributed by atoms with van der Waals surface area (Å²) in [6, 6.07) is 54.4. The van der Waals surface area contributed by atoms with Crippen molar-refractivity contribution in [3.8, 4) is 50.6 Å². The number of hydrogen-bond donors (Lipinski definition) is 0. The van der Waals surface area contributed by atoms with Gasteiger partial charge in [-0.25, -0.2) is 0 Å². The Morgan fingerprint density at radius 1 is 0.426 bits per heavy atom. The number of thiophene rings is 1. The van der Waals surface area contributed by atoms with E-state index in [1.165, 1.54) is 58.6 Å². The highest BCUT2D eigenvalue weighted by Gasteiger charge is 2.19. The molecule has 0 bridgehead atoms. The maximum absolute atomic E-state index is 9.56. The molecular formula is C44H26N2S. The van der Waals surface area contributed by atoms with Gasteiger partial charge in [0, 0.05) is 38.1 Å². The molecule has 0 saturated heterocycles. The fraction of sp³-hybridized carbons (Fsp3) is 0. The minimum Gasteiger partial charge on any atom is -0.264 e. The summed E-state index contributed by atoms with van der Waals surface area (Å²) in [6.07, 6.45) is 3.75. The fourth-order valence-electron chi connectivity index (χ4n) is 6.98. The average molecular weight is 615 g/mol. The molecule has 0 spiro atoms. The van der Waals surface area contributed by atoms with E-state index in [1.807, 2.05) is 30.6 Å². The van der Waals surface area contributed by atoms with Gasteiger partial charge >= 0.3 is 0 Å². The topological polar surface area (TPSA) is 36.7 Å². The van der Waals surface area contributed by atoms with Crippen molar-refractivity contribution in [3.63, 3.8) is 0 Å². The number of pyridine rings is 1. The first-order valence-electron chi connectivity index (χ1n) is 15.7. The lowest BCUT2D eigenvalue weighted by Gasteiger charge is -2.19. The second-order valence-electron chi connectivity index (χ2n) is 11.9. The largest absolute Gasteiger partial charge is 0.264 e. The van der Waals surface area contributed by atoms with Crippen LogP contribution in [0.15, 0.2) is 158 Å². The number of benzene rings is 7. The molecule has 0 atom stereocenters. The first kappa shape index (κ1) is 27.2. The van der Waals surface area contributed by atoms with Crippen LogP contribution in [0.2, 0.25) is 0 Å². The first-order valence-corrected chi connectivity index (χ1v) is 16.5. The first-order chi connectivity index (χ1) is 23.2. The van der Waals surface area contributed by atoms with Gasteiger partial charge in [0.25, 0.3) is 0 Å². The number of rotatable bonds is 4. The molecule has 2 heterocycles. The predicted octanol–water partition coefficient (Wildman–Crippen LogP) is 12.3. The van der Waals surface area contributed by atoms with Crippen molar-refractivity contribution in [3.05, 3.63) is 164 Å². The summed E-state index contributed by atoms with van der Waals surface area (Å²) in [5.41, 5.74) is 10.1. The Labute approximate surface area is 276 Å². The highest BCUT2D eigenvalue weighted by atomic mass is 32.1. The Morgan fingerprint density at radius 2 is 0.936 bits per heavy atom. The van der Waals surface area contributed by atoms with Gasteiger partial charge < -0.3 is 0 Å². The van der Waals surface area contributed by atoms with Crippen molar-refractivity contribution in [2.24, 2.45) is 0 Å². The van der Waals surface area contributed by atoms with E-state index < -0.39 is 0 Å². The number of hydrogen-bond acceptors (Lipinski definition) is 3. The van der Waals surface area contributed by atoms with Gasteiger partial charge in [-0.05, 0) is 109 Å². The predicted molar refractivity (Wildman–Crippen MR) is 199 cm³/mol. The van der Waals surface area contributed by atoms with Crippen LogP contribution in [0, 0.1) is 11.3 Å². The lowest BCUT2D eigenvalue weighted by atomic mass is 9.84. The highest BCUT2D eigenvalue weighted by molar-refractivity contribution is 7.25. The van der Waals surface area contributed by atoms with Crippen LogP contribution in [0.5, 0.6) is 0 Å². The highest BCUT2D eigenvalue weighted by Crippen LogP contribution is 2.46. The summed E-state index contributed by atoms with van der Waals surface area (Å²) >= 11 is 1.77. The van der Waals surface area contributed by atoms with E-state index >= 15 is 0 Å². The second kappa shape index (κ2) is 11.1. The lowest BCUT2D eigenvalue weighted by molar-refractivity contribution is 1.33.